The van der Waals surface area contributed by atoms with Crippen LogP contribution in [0, 0.1) is 0 Å². The lowest BCUT2D eigenvalue weighted by Crippen LogP contribution is -2.55. The Morgan fingerprint density at radius 2 is 1.76 bits per heavy atom. The minimum Gasteiger partial charge on any atom is -0.478 e. The smallest absolute Gasteiger partial charge is 0.328 e. The minimum atomic E-state index is -1.03. The fraction of sp³-hybridized carbons (Fsp3) is 0.312. The van der Waals surface area contributed by atoms with Crippen LogP contribution >= 0.6 is 0 Å². The van der Waals surface area contributed by atoms with E-state index < -0.39 is 11.5 Å². The first kappa shape index (κ1) is 26.6. The van der Waals surface area contributed by atoms with Crippen molar-refractivity contribution < 1.29 is 23.9 Å². The van der Waals surface area contributed by atoms with E-state index in [-0.39, 0.29) is 11.8 Å². The Morgan fingerprint density at radius 1 is 1.00 bits per heavy atom. The normalized spacial score (nSPS) is 16.9. The maximum absolute atomic E-state index is 13.6. The van der Waals surface area contributed by atoms with Gasteiger partial charge >= 0.3 is 5.97 Å². The Balaban J connectivity index is 1.23. The maximum Gasteiger partial charge on any atom is 0.328 e. The first-order valence-electron chi connectivity index (χ1n) is 14.1. The summed E-state index contributed by atoms with van der Waals surface area (Å²) in [5.41, 5.74) is 3.36. The molecule has 0 bridgehead atoms. The SMILES string of the molecule is O=C(O)/C=C/c1ccc(NC(=O)C2(NC(=O)c3ccc4c(c3)nc(-c3ccoc3)n4C3CCCC3)CCCC2)cc1. The molecule has 4 aromatic rings. The summed E-state index contributed by atoms with van der Waals surface area (Å²) in [6, 6.07) is 14.7. The number of aliphatic carboxylic acids is 1. The highest BCUT2D eigenvalue weighted by Gasteiger charge is 2.42. The molecule has 0 radical (unpaired) electrons. The van der Waals surface area contributed by atoms with Crippen LogP contribution < -0.4 is 10.6 Å². The number of carbonyl (C=O) groups excluding carboxylic acids is 2. The number of anilines is 1. The van der Waals surface area contributed by atoms with Crippen LogP contribution in [0.3, 0.4) is 0 Å². The van der Waals surface area contributed by atoms with E-state index in [1.165, 1.54) is 18.9 Å². The average Bonchev–Trinajstić information content (AvgIpc) is 3.78. The van der Waals surface area contributed by atoms with Gasteiger partial charge in [-0.05, 0) is 73.7 Å². The summed E-state index contributed by atoms with van der Waals surface area (Å²) in [7, 11) is 0. The van der Waals surface area contributed by atoms with Crippen molar-refractivity contribution in [2.75, 3.05) is 5.32 Å². The molecule has 2 aromatic heterocycles. The number of aromatic nitrogens is 2. The van der Waals surface area contributed by atoms with Crippen molar-refractivity contribution in [3.63, 3.8) is 0 Å². The summed E-state index contributed by atoms with van der Waals surface area (Å²) >= 11 is 0. The van der Waals surface area contributed by atoms with Gasteiger partial charge in [-0.2, -0.15) is 0 Å². The highest BCUT2D eigenvalue weighted by Crippen LogP contribution is 2.37. The van der Waals surface area contributed by atoms with Crippen molar-refractivity contribution in [2.24, 2.45) is 0 Å². The molecular weight excluding hydrogens is 520 g/mol. The second kappa shape index (κ2) is 11.1. The summed E-state index contributed by atoms with van der Waals surface area (Å²) in [5.74, 6) is -0.750. The van der Waals surface area contributed by atoms with E-state index in [0.29, 0.717) is 35.7 Å². The summed E-state index contributed by atoms with van der Waals surface area (Å²) in [5, 5.41) is 14.8. The first-order chi connectivity index (χ1) is 19.9. The van der Waals surface area contributed by atoms with E-state index in [9.17, 15) is 14.4 Å². The van der Waals surface area contributed by atoms with E-state index in [1.54, 1.807) is 36.8 Å². The Bertz CT molecular complexity index is 1610. The molecule has 2 saturated carbocycles. The zero-order chi connectivity index (χ0) is 28.4. The lowest BCUT2D eigenvalue weighted by molar-refractivity contribution is -0.131. The standard InChI is InChI=1S/C32H32N4O5/c37-28(38)14-9-21-7-11-24(12-8-21)33-31(40)32(16-3-4-17-32)35-30(39)22-10-13-27-26(19-22)34-29(23-15-18-41-20-23)36(27)25-5-1-2-6-25/h7-15,18-20,25H,1-6,16-17H2,(H,33,40)(H,35,39)(H,37,38)/b14-9+. The highest BCUT2D eigenvalue weighted by molar-refractivity contribution is 6.05. The second-order valence-corrected chi connectivity index (χ2v) is 11.0. The molecular formula is C32H32N4O5. The highest BCUT2D eigenvalue weighted by atomic mass is 16.4. The number of hydrogen-bond donors (Lipinski definition) is 3. The van der Waals surface area contributed by atoms with Crippen LogP contribution in [0.4, 0.5) is 5.69 Å². The van der Waals surface area contributed by atoms with Crippen LogP contribution in [0.2, 0.25) is 0 Å². The molecule has 9 nitrogen and oxygen atoms in total. The largest absolute Gasteiger partial charge is 0.478 e. The predicted molar refractivity (Wildman–Crippen MR) is 155 cm³/mol. The molecule has 0 saturated heterocycles. The van der Waals surface area contributed by atoms with Gasteiger partial charge in [0.05, 0.1) is 22.9 Å². The second-order valence-electron chi connectivity index (χ2n) is 11.0. The van der Waals surface area contributed by atoms with Gasteiger partial charge in [0.15, 0.2) is 0 Å². The third-order valence-corrected chi connectivity index (χ3v) is 8.25. The van der Waals surface area contributed by atoms with E-state index in [2.05, 4.69) is 15.2 Å². The number of furan rings is 1. The quantitative estimate of drug-likeness (QED) is 0.224. The van der Waals surface area contributed by atoms with Crippen LogP contribution in [0.5, 0.6) is 0 Å². The van der Waals surface area contributed by atoms with Crippen molar-refractivity contribution in [1.82, 2.24) is 14.9 Å². The van der Waals surface area contributed by atoms with Crippen molar-refractivity contribution in [3.8, 4) is 11.4 Å². The lowest BCUT2D eigenvalue weighted by Gasteiger charge is -2.29. The average molecular weight is 553 g/mol. The molecule has 0 spiro atoms. The number of amides is 2. The van der Waals surface area contributed by atoms with Crippen LogP contribution in [0.1, 0.15) is 73.3 Å². The molecule has 2 aliphatic carbocycles. The summed E-state index contributed by atoms with van der Waals surface area (Å²) in [6.07, 6.45) is 13.2. The van der Waals surface area contributed by atoms with Gasteiger partial charge in [-0.15, -0.1) is 0 Å². The van der Waals surface area contributed by atoms with Crippen LogP contribution in [0.25, 0.3) is 28.5 Å². The van der Waals surface area contributed by atoms with E-state index in [0.717, 1.165) is 54.2 Å². The molecule has 0 aliphatic heterocycles. The van der Waals surface area contributed by atoms with Gasteiger partial charge in [0, 0.05) is 23.4 Å². The Hall–Kier alpha value is -4.66. The molecule has 3 N–H and O–H groups in total. The maximum atomic E-state index is 13.6. The molecule has 41 heavy (non-hydrogen) atoms. The molecule has 2 amide bonds. The molecule has 2 fully saturated rings. The summed E-state index contributed by atoms with van der Waals surface area (Å²) in [4.78, 5) is 42.7. The number of carbonyl (C=O) groups is 3. The zero-order valence-electron chi connectivity index (χ0n) is 22.6. The molecule has 2 aromatic carbocycles. The van der Waals surface area contributed by atoms with Crippen molar-refractivity contribution in [3.05, 3.63) is 78.3 Å². The van der Waals surface area contributed by atoms with E-state index >= 15 is 0 Å². The van der Waals surface area contributed by atoms with Crippen LogP contribution in [0.15, 0.2) is 71.6 Å². The number of rotatable bonds is 8. The zero-order valence-corrected chi connectivity index (χ0v) is 22.6. The molecule has 9 heteroatoms. The van der Waals surface area contributed by atoms with Gasteiger partial charge in [0.25, 0.3) is 5.91 Å². The van der Waals surface area contributed by atoms with Gasteiger partial charge in [0.2, 0.25) is 5.91 Å². The van der Waals surface area contributed by atoms with Crippen molar-refractivity contribution >= 4 is 40.6 Å². The summed E-state index contributed by atoms with van der Waals surface area (Å²) in [6.45, 7) is 0. The number of nitrogens with zero attached hydrogens (tertiary/aromatic N) is 2. The number of carboxylic acid groups (broad SMARTS) is 1. The molecule has 2 heterocycles. The third kappa shape index (κ3) is 5.39. The number of nitrogens with one attached hydrogen (secondary N) is 2. The fourth-order valence-electron chi connectivity index (χ4n) is 6.14. The summed E-state index contributed by atoms with van der Waals surface area (Å²) < 4.78 is 7.62. The number of carboxylic acids is 1. The molecule has 0 unspecified atom stereocenters. The molecule has 210 valence electrons. The number of imidazole rings is 1. The molecule has 2 aliphatic rings. The fourth-order valence-corrected chi connectivity index (χ4v) is 6.14. The number of benzene rings is 2. The number of fused-ring (bicyclic) bond motifs is 1. The first-order valence-corrected chi connectivity index (χ1v) is 14.1. The lowest BCUT2D eigenvalue weighted by atomic mass is 9.95. The number of hydrogen-bond acceptors (Lipinski definition) is 5. The predicted octanol–water partition coefficient (Wildman–Crippen LogP) is 6.19. The van der Waals surface area contributed by atoms with Gasteiger partial charge < -0.3 is 24.7 Å². The third-order valence-electron chi connectivity index (χ3n) is 8.25. The monoisotopic (exact) mass is 552 g/mol. The van der Waals surface area contributed by atoms with Gasteiger partial charge in [0.1, 0.15) is 17.6 Å². The Kier molecular flexibility index (Phi) is 7.17. The Labute approximate surface area is 237 Å². The Morgan fingerprint density at radius 3 is 2.44 bits per heavy atom. The van der Waals surface area contributed by atoms with Gasteiger partial charge in [-0.3, -0.25) is 9.59 Å². The topological polar surface area (TPSA) is 126 Å². The minimum absolute atomic E-state index is 0.258. The van der Waals surface area contributed by atoms with E-state index in [4.69, 9.17) is 14.5 Å². The molecule has 0 atom stereocenters. The molecule has 6 rings (SSSR count). The van der Waals surface area contributed by atoms with Crippen molar-refractivity contribution in [2.45, 2.75) is 62.9 Å². The van der Waals surface area contributed by atoms with Crippen LogP contribution in [-0.4, -0.2) is 38.0 Å². The van der Waals surface area contributed by atoms with E-state index in [1.807, 2.05) is 24.3 Å². The van der Waals surface area contributed by atoms with Gasteiger partial charge in [-0.1, -0.05) is 37.8 Å². The van der Waals surface area contributed by atoms with Crippen LogP contribution in [-0.2, 0) is 9.59 Å². The van der Waals surface area contributed by atoms with Gasteiger partial charge in [-0.25, -0.2) is 9.78 Å². The van der Waals surface area contributed by atoms with Crippen molar-refractivity contribution in [1.29, 1.82) is 0 Å².